The molecule has 0 bridgehead atoms. The molecule has 6 heteroatoms. The van der Waals surface area contributed by atoms with Crippen molar-refractivity contribution in [3.63, 3.8) is 0 Å². The van der Waals surface area contributed by atoms with E-state index in [0.717, 1.165) is 18.7 Å². The Kier molecular flexibility index (Phi) is 4.86. The summed E-state index contributed by atoms with van der Waals surface area (Å²) in [5.41, 5.74) is 8.84. The van der Waals surface area contributed by atoms with E-state index in [2.05, 4.69) is 37.7 Å². The van der Waals surface area contributed by atoms with Crippen molar-refractivity contribution in [1.29, 1.82) is 0 Å². The van der Waals surface area contributed by atoms with E-state index in [-0.39, 0.29) is 0 Å². The molecular formula is C18H20N6. The largest absolute Gasteiger partial charge is 0.393 e. The molecule has 6 nitrogen and oxygen atoms in total. The second kappa shape index (κ2) is 7.41. The van der Waals surface area contributed by atoms with E-state index >= 15 is 0 Å². The van der Waals surface area contributed by atoms with E-state index in [1.54, 1.807) is 0 Å². The van der Waals surface area contributed by atoms with Crippen molar-refractivity contribution < 1.29 is 0 Å². The molecule has 0 fully saturated rings. The number of nitrogens with zero attached hydrogens (tertiary/aromatic N) is 3. The molecule has 24 heavy (non-hydrogen) atoms. The highest BCUT2D eigenvalue weighted by atomic mass is 15.1. The molecule has 3 aromatic rings. The van der Waals surface area contributed by atoms with Gasteiger partial charge in [-0.05, 0) is 31.0 Å². The van der Waals surface area contributed by atoms with E-state index in [4.69, 9.17) is 5.73 Å². The zero-order valence-electron chi connectivity index (χ0n) is 13.5. The predicted octanol–water partition coefficient (Wildman–Crippen LogP) is 3.16. The highest BCUT2D eigenvalue weighted by molar-refractivity contribution is 5.76. The fourth-order valence-corrected chi connectivity index (χ4v) is 2.34. The van der Waals surface area contributed by atoms with Crippen LogP contribution in [0.4, 0.5) is 23.1 Å². The molecule has 0 aliphatic carbocycles. The number of aromatic nitrogens is 3. The van der Waals surface area contributed by atoms with Crippen LogP contribution in [0.25, 0.3) is 0 Å². The third-order valence-electron chi connectivity index (χ3n) is 3.57. The Morgan fingerprint density at radius 2 is 1.75 bits per heavy atom. The van der Waals surface area contributed by atoms with Crippen LogP contribution < -0.4 is 16.4 Å². The quantitative estimate of drug-likeness (QED) is 0.646. The minimum Gasteiger partial charge on any atom is -0.393 e. The summed E-state index contributed by atoms with van der Waals surface area (Å²) < 4.78 is 0. The molecule has 0 saturated carbocycles. The summed E-state index contributed by atoms with van der Waals surface area (Å²) in [6.45, 7) is 2.68. The third kappa shape index (κ3) is 3.98. The molecule has 0 atom stereocenters. The lowest BCUT2D eigenvalue weighted by molar-refractivity contribution is 1.00. The van der Waals surface area contributed by atoms with Crippen molar-refractivity contribution in [2.24, 2.45) is 0 Å². The molecule has 0 saturated heterocycles. The zero-order chi connectivity index (χ0) is 16.8. The summed E-state index contributed by atoms with van der Waals surface area (Å²) in [4.78, 5) is 12.8. The number of anilines is 4. The topological polar surface area (TPSA) is 88.8 Å². The highest BCUT2D eigenvalue weighted by Gasteiger charge is 2.08. The molecule has 0 unspecified atom stereocenters. The van der Waals surface area contributed by atoms with Crippen LogP contribution in [-0.4, -0.2) is 21.5 Å². The van der Waals surface area contributed by atoms with Crippen molar-refractivity contribution in [2.45, 2.75) is 13.3 Å². The van der Waals surface area contributed by atoms with Crippen molar-refractivity contribution in [2.75, 3.05) is 22.9 Å². The van der Waals surface area contributed by atoms with Gasteiger partial charge in [-0.25, -0.2) is 15.0 Å². The van der Waals surface area contributed by atoms with Crippen molar-refractivity contribution in [1.82, 2.24) is 15.0 Å². The van der Waals surface area contributed by atoms with E-state index in [1.165, 1.54) is 11.9 Å². The first-order chi connectivity index (χ1) is 11.7. The summed E-state index contributed by atoms with van der Waals surface area (Å²) in [5, 5.41) is 6.40. The number of benzene rings is 1. The van der Waals surface area contributed by atoms with Gasteiger partial charge in [0.05, 0.1) is 0 Å². The van der Waals surface area contributed by atoms with Crippen LogP contribution in [0.5, 0.6) is 0 Å². The lowest BCUT2D eigenvalue weighted by Crippen LogP contribution is -2.11. The normalized spacial score (nSPS) is 10.4. The third-order valence-corrected chi connectivity index (χ3v) is 3.57. The molecule has 2 heterocycles. The SMILES string of the molecule is Cc1cccc(Nc2ncnc(NCCc3ccccc3)c2N)n1. The monoisotopic (exact) mass is 320 g/mol. The molecule has 4 N–H and O–H groups in total. The number of hydrogen-bond donors (Lipinski definition) is 3. The van der Waals surface area contributed by atoms with Crippen LogP contribution in [0, 0.1) is 6.92 Å². The summed E-state index contributed by atoms with van der Waals surface area (Å²) >= 11 is 0. The Bertz CT molecular complexity index is 804. The Morgan fingerprint density at radius 3 is 2.54 bits per heavy atom. The summed E-state index contributed by atoms with van der Waals surface area (Å²) in [7, 11) is 0. The fraction of sp³-hybridized carbons (Fsp3) is 0.167. The molecule has 1 aromatic carbocycles. The highest BCUT2D eigenvalue weighted by Crippen LogP contribution is 2.24. The van der Waals surface area contributed by atoms with Crippen LogP contribution in [-0.2, 0) is 6.42 Å². The second-order valence-electron chi connectivity index (χ2n) is 5.44. The van der Waals surface area contributed by atoms with Crippen LogP contribution in [0.1, 0.15) is 11.3 Å². The molecule has 0 aliphatic rings. The predicted molar refractivity (Wildman–Crippen MR) is 97.3 cm³/mol. The first-order valence-corrected chi connectivity index (χ1v) is 7.81. The van der Waals surface area contributed by atoms with E-state index in [1.807, 2.05) is 43.3 Å². The van der Waals surface area contributed by atoms with Gasteiger partial charge in [0.15, 0.2) is 11.6 Å². The first kappa shape index (κ1) is 15.7. The number of nitrogens with two attached hydrogens (primary N) is 1. The zero-order valence-corrected chi connectivity index (χ0v) is 13.5. The van der Waals surface area contributed by atoms with Gasteiger partial charge >= 0.3 is 0 Å². The maximum atomic E-state index is 6.17. The molecule has 0 spiro atoms. The second-order valence-corrected chi connectivity index (χ2v) is 5.44. The van der Waals surface area contributed by atoms with Gasteiger partial charge in [0, 0.05) is 12.2 Å². The maximum Gasteiger partial charge on any atom is 0.160 e. The fourth-order valence-electron chi connectivity index (χ4n) is 2.34. The molecular weight excluding hydrogens is 300 g/mol. The number of aryl methyl sites for hydroxylation is 1. The number of rotatable bonds is 6. The molecule has 122 valence electrons. The Hall–Kier alpha value is -3.15. The van der Waals surface area contributed by atoms with Gasteiger partial charge in [-0.2, -0.15) is 0 Å². The molecule has 3 rings (SSSR count). The van der Waals surface area contributed by atoms with Gasteiger partial charge in [0.1, 0.15) is 17.8 Å². The average molecular weight is 320 g/mol. The van der Waals surface area contributed by atoms with Gasteiger partial charge in [-0.1, -0.05) is 36.4 Å². The molecule has 0 aliphatic heterocycles. The van der Waals surface area contributed by atoms with E-state index in [0.29, 0.717) is 23.1 Å². The maximum absolute atomic E-state index is 6.17. The summed E-state index contributed by atoms with van der Waals surface area (Å²) in [6, 6.07) is 16.0. The molecule has 2 aromatic heterocycles. The van der Waals surface area contributed by atoms with Gasteiger partial charge in [-0.3, -0.25) is 0 Å². The molecule has 0 amide bonds. The Morgan fingerprint density at radius 1 is 0.958 bits per heavy atom. The minimum atomic E-state index is 0.480. The Labute approximate surface area is 141 Å². The van der Waals surface area contributed by atoms with Crippen molar-refractivity contribution in [3.05, 3.63) is 66.1 Å². The number of nitrogens with one attached hydrogen (secondary N) is 2. The number of pyridine rings is 1. The number of hydrogen-bond acceptors (Lipinski definition) is 6. The minimum absolute atomic E-state index is 0.480. The van der Waals surface area contributed by atoms with Crippen molar-refractivity contribution >= 4 is 23.1 Å². The van der Waals surface area contributed by atoms with Gasteiger partial charge in [-0.15, -0.1) is 0 Å². The van der Waals surface area contributed by atoms with Crippen LogP contribution in [0.2, 0.25) is 0 Å². The smallest absolute Gasteiger partial charge is 0.160 e. The Balaban J connectivity index is 1.66. The molecule has 0 radical (unpaired) electrons. The van der Waals surface area contributed by atoms with Gasteiger partial charge in [0.25, 0.3) is 0 Å². The van der Waals surface area contributed by atoms with Gasteiger partial charge < -0.3 is 16.4 Å². The van der Waals surface area contributed by atoms with Crippen molar-refractivity contribution in [3.8, 4) is 0 Å². The average Bonchev–Trinajstić information content (AvgIpc) is 2.59. The standard InChI is InChI=1S/C18H20N6/c1-13-6-5-9-15(23-13)24-18-16(19)17(21-12-22-18)20-11-10-14-7-3-2-4-8-14/h2-9,12H,10-11,19H2,1H3,(H2,20,21,22,23,24). The lowest BCUT2D eigenvalue weighted by Gasteiger charge is -2.12. The van der Waals surface area contributed by atoms with Crippen LogP contribution in [0.15, 0.2) is 54.9 Å². The summed E-state index contributed by atoms with van der Waals surface area (Å²) in [6.07, 6.45) is 2.38. The van der Waals surface area contributed by atoms with Crippen LogP contribution in [0.3, 0.4) is 0 Å². The first-order valence-electron chi connectivity index (χ1n) is 7.81. The van der Waals surface area contributed by atoms with E-state index < -0.39 is 0 Å². The van der Waals surface area contributed by atoms with E-state index in [9.17, 15) is 0 Å². The number of nitrogen functional groups attached to an aromatic ring is 1. The summed E-state index contributed by atoms with van der Waals surface area (Å²) in [5.74, 6) is 1.87. The van der Waals surface area contributed by atoms with Crippen LogP contribution >= 0.6 is 0 Å². The van der Waals surface area contributed by atoms with Gasteiger partial charge in [0.2, 0.25) is 0 Å². The lowest BCUT2D eigenvalue weighted by atomic mass is 10.1.